The molecule has 1 aromatic carbocycles. The van der Waals surface area contributed by atoms with Crippen molar-refractivity contribution in [2.45, 2.75) is 32.7 Å². The fourth-order valence-corrected chi connectivity index (χ4v) is 3.09. The van der Waals surface area contributed by atoms with Gasteiger partial charge < -0.3 is 5.32 Å². The highest BCUT2D eigenvalue weighted by molar-refractivity contribution is 14.1. The number of hydrogen-bond acceptors (Lipinski definition) is 2. The molecule has 0 amide bonds. The number of nitrogens with zero attached hydrogens (tertiary/aromatic N) is 1. The van der Waals surface area contributed by atoms with Crippen molar-refractivity contribution in [2.24, 2.45) is 5.92 Å². The van der Waals surface area contributed by atoms with Crippen LogP contribution in [0.25, 0.3) is 0 Å². The van der Waals surface area contributed by atoms with E-state index in [1.165, 1.54) is 35.1 Å². The van der Waals surface area contributed by atoms with E-state index in [1.807, 2.05) is 0 Å². The Kier molecular flexibility index (Phi) is 6.10. The Hall–Kier alpha value is -0.130. The van der Waals surface area contributed by atoms with Crippen LogP contribution < -0.4 is 5.32 Å². The van der Waals surface area contributed by atoms with E-state index in [0.29, 0.717) is 6.04 Å². The average Bonchev–Trinajstić information content (AvgIpc) is 2.42. The summed E-state index contributed by atoms with van der Waals surface area (Å²) in [5, 5.41) is 3.45. The Labute approximate surface area is 131 Å². The number of hydrogen-bond donors (Lipinski definition) is 1. The van der Waals surface area contributed by atoms with Crippen LogP contribution in [0, 0.1) is 9.49 Å². The number of halogens is 1. The number of benzene rings is 1. The van der Waals surface area contributed by atoms with Gasteiger partial charge in [-0.3, -0.25) is 4.90 Å². The van der Waals surface area contributed by atoms with Crippen LogP contribution in [0.2, 0.25) is 0 Å². The molecule has 1 aliphatic heterocycles. The van der Waals surface area contributed by atoms with E-state index in [9.17, 15) is 0 Å². The van der Waals surface area contributed by atoms with Crippen LogP contribution in [0.3, 0.4) is 0 Å². The van der Waals surface area contributed by atoms with E-state index in [4.69, 9.17) is 0 Å². The highest BCUT2D eigenvalue weighted by Crippen LogP contribution is 2.28. The molecule has 1 aliphatic rings. The second kappa shape index (κ2) is 7.60. The summed E-state index contributed by atoms with van der Waals surface area (Å²) in [6.45, 7) is 9.25. The van der Waals surface area contributed by atoms with Crippen molar-refractivity contribution in [3.8, 4) is 0 Å². The monoisotopic (exact) mass is 372 g/mol. The largest absolute Gasteiger partial charge is 0.314 e. The molecule has 1 heterocycles. The van der Waals surface area contributed by atoms with Gasteiger partial charge in [0.05, 0.1) is 0 Å². The molecule has 0 radical (unpaired) electrons. The van der Waals surface area contributed by atoms with Gasteiger partial charge in [0.2, 0.25) is 0 Å². The first-order valence-corrected chi connectivity index (χ1v) is 8.45. The van der Waals surface area contributed by atoms with Gasteiger partial charge >= 0.3 is 0 Å². The Morgan fingerprint density at radius 1 is 1.11 bits per heavy atom. The normalized spacial score (nSPS) is 18.7. The van der Waals surface area contributed by atoms with Crippen molar-refractivity contribution >= 4 is 22.6 Å². The van der Waals surface area contributed by atoms with Gasteiger partial charge in [-0.25, -0.2) is 0 Å². The lowest BCUT2D eigenvalue weighted by Crippen LogP contribution is -2.45. The third kappa shape index (κ3) is 4.72. The molecule has 3 heteroatoms. The molecule has 0 saturated carbocycles. The highest BCUT2D eigenvalue weighted by atomic mass is 127. The molecule has 2 nitrogen and oxygen atoms in total. The molecule has 0 unspecified atom stereocenters. The van der Waals surface area contributed by atoms with E-state index < -0.39 is 0 Å². The number of rotatable bonds is 5. The smallest absolute Gasteiger partial charge is 0.0349 e. The van der Waals surface area contributed by atoms with Gasteiger partial charge in [-0.1, -0.05) is 26.0 Å². The second-order valence-electron chi connectivity index (χ2n) is 5.82. The first-order valence-electron chi connectivity index (χ1n) is 7.37. The minimum atomic E-state index is 0.599. The first kappa shape index (κ1) is 15.3. The van der Waals surface area contributed by atoms with Gasteiger partial charge in [-0.15, -0.1) is 0 Å². The molecule has 1 fully saturated rings. The summed E-state index contributed by atoms with van der Waals surface area (Å²) in [4.78, 5) is 2.65. The van der Waals surface area contributed by atoms with Crippen molar-refractivity contribution in [1.82, 2.24) is 10.2 Å². The molecule has 1 atom stereocenters. The van der Waals surface area contributed by atoms with Gasteiger partial charge in [-0.05, 0) is 59.0 Å². The number of piperazine rings is 1. The zero-order valence-electron chi connectivity index (χ0n) is 12.0. The Morgan fingerprint density at radius 3 is 2.32 bits per heavy atom. The van der Waals surface area contributed by atoms with Crippen LogP contribution in [0.1, 0.15) is 38.3 Å². The predicted molar refractivity (Wildman–Crippen MR) is 90.4 cm³/mol. The maximum absolute atomic E-state index is 3.45. The summed E-state index contributed by atoms with van der Waals surface area (Å²) in [5.41, 5.74) is 1.49. The summed E-state index contributed by atoms with van der Waals surface area (Å²) in [5.74, 6) is 0.786. The summed E-state index contributed by atoms with van der Waals surface area (Å²) in [7, 11) is 0. The Bertz CT molecular complexity index is 369. The van der Waals surface area contributed by atoms with Crippen LogP contribution in [0.5, 0.6) is 0 Å². The van der Waals surface area contributed by atoms with Crippen LogP contribution in [-0.4, -0.2) is 31.1 Å². The van der Waals surface area contributed by atoms with Crippen molar-refractivity contribution in [3.05, 3.63) is 33.4 Å². The molecule has 0 spiro atoms. The topological polar surface area (TPSA) is 15.3 Å². The third-order valence-corrected chi connectivity index (χ3v) is 4.58. The van der Waals surface area contributed by atoms with Crippen molar-refractivity contribution in [3.63, 3.8) is 0 Å². The summed E-state index contributed by atoms with van der Waals surface area (Å²) >= 11 is 2.38. The molecule has 106 valence electrons. The SMILES string of the molecule is CC(C)CC[C@@H](c1ccc(I)cc1)N1CCNCC1. The van der Waals surface area contributed by atoms with E-state index >= 15 is 0 Å². The zero-order valence-corrected chi connectivity index (χ0v) is 14.2. The van der Waals surface area contributed by atoms with Gasteiger partial charge in [0.25, 0.3) is 0 Å². The molecule has 0 aromatic heterocycles. The van der Waals surface area contributed by atoms with Gasteiger partial charge in [-0.2, -0.15) is 0 Å². The lowest BCUT2D eigenvalue weighted by atomic mass is 9.96. The van der Waals surface area contributed by atoms with Crippen molar-refractivity contribution in [2.75, 3.05) is 26.2 Å². The van der Waals surface area contributed by atoms with Gasteiger partial charge in [0, 0.05) is 35.8 Å². The van der Waals surface area contributed by atoms with Crippen LogP contribution >= 0.6 is 22.6 Å². The minimum absolute atomic E-state index is 0.599. The molecule has 1 saturated heterocycles. The summed E-state index contributed by atoms with van der Waals surface area (Å²) in [6.07, 6.45) is 2.58. The fourth-order valence-electron chi connectivity index (χ4n) is 2.73. The minimum Gasteiger partial charge on any atom is -0.314 e. The average molecular weight is 372 g/mol. The Balaban J connectivity index is 2.10. The van der Waals surface area contributed by atoms with E-state index in [-0.39, 0.29) is 0 Å². The lowest BCUT2D eigenvalue weighted by Gasteiger charge is -2.35. The van der Waals surface area contributed by atoms with Gasteiger partial charge in [0.15, 0.2) is 0 Å². The van der Waals surface area contributed by atoms with Crippen molar-refractivity contribution in [1.29, 1.82) is 0 Å². The molecule has 2 rings (SSSR count). The van der Waals surface area contributed by atoms with E-state index in [0.717, 1.165) is 19.0 Å². The number of nitrogens with one attached hydrogen (secondary N) is 1. The third-order valence-electron chi connectivity index (χ3n) is 3.86. The summed E-state index contributed by atoms with van der Waals surface area (Å²) in [6, 6.07) is 9.70. The van der Waals surface area contributed by atoms with Crippen molar-refractivity contribution < 1.29 is 0 Å². The van der Waals surface area contributed by atoms with Crippen LogP contribution in [-0.2, 0) is 0 Å². The molecule has 19 heavy (non-hydrogen) atoms. The molecule has 1 aromatic rings. The van der Waals surface area contributed by atoms with Crippen LogP contribution in [0.4, 0.5) is 0 Å². The van der Waals surface area contributed by atoms with Gasteiger partial charge in [0.1, 0.15) is 0 Å². The Morgan fingerprint density at radius 2 is 1.74 bits per heavy atom. The zero-order chi connectivity index (χ0) is 13.7. The maximum atomic E-state index is 3.45. The lowest BCUT2D eigenvalue weighted by molar-refractivity contribution is 0.160. The van der Waals surface area contributed by atoms with E-state index in [2.05, 4.69) is 70.9 Å². The second-order valence-corrected chi connectivity index (χ2v) is 7.07. The maximum Gasteiger partial charge on any atom is 0.0349 e. The molecular weight excluding hydrogens is 347 g/mol. The van der Waals surface area contributed by atoms with Crippen LogP contribution in [0.15, 0.2) is 24.3 Å². The summed E-state index contributed by atoms with van der Waals surface area (Å²) < 4.78 is 1.32. The highest BCUT2D eigenvalue weighted by Gasteiger charge is 2.22. The van der Waals surface area contributed by atoms with E-state index in [1.54, 1.807) is 0 Å². The quantitative estimate of drug-likeness (QED) is 0.794. The standard InChI is InChI=1S/C16H25IN2/c1-13(2)3-8-16(19-11-9-18-10-12-19)14-4-6-15(17)7-5-14/h4-7,13,16,18H,3,8-12H2,1-2H3/t16-/m0/s1. The fraction of sp³-hybridized carbons (Fsp3) is 0.625. The molecule has 0 aliphatic carbocycles. The first-order chi connectivity index (χ1) is 9.16. The molecular formula is C16H25IN2. The molecule has 1 N–H and O–H groups in total. The predicted octanol–water partition coefficient (Wildman–Crippen LogP) is 3.67. The molecule has 0 bridgehead atoms.